The van der Waals surface area contributed by atoms with Crippen molar-refractivity contribution in [3.63, 3.8) is 0 Å². The van der Waals surface area contributed by atoms with Gasteiger partial charge in [-0.2, -0.15) is 0 Å². The first-order valence-corrected chi connectivity index (χ1v) is 7.34. The van der Waals surface area contributed by atoms with Crippen LogP contribution in [0.5, 0.6) is 0 Å². The Bertz CT molecular complexity index is 607. The molecule has 0 aliphatic rings. The smallest absolute Gasteiger partial charge is 0.229 e. The third-order valence-electron chi connectivity index (χ3n) is 3.55. The van der Waals surface area contributed by atoms with Crippen LogP contribution in [0.15, 0.2) is 30.5 Å². The molecule has 112 valence electrons. The highest BCUT2D eigenvalue weighted by Crippen LogP contribution is 2.24. The SMILES string of the molecule is Cc1ccccc1N(C)c1ncc(CNC(C)C)c(C)n1. The van der Waals surface area contributed by atoms with Gasteiger partial charge in [0.1, 0.15) is 0 Å². The predicted molar refractivity (Wildman–Crippen MR) is 88.0 cm³/mol. The summed E-state index contributed by atoms with van der Waals surface area (Å²) in [6.07, 6.45) is 1.92. The fourth-order valence-corrected chi connectivity index (χ4v) is 2.18. The van der Waals surface area contributed by atoms with Gasteiger partial charge >= 0.3 is 0 Å². The van der Waals surface area contributed by atoms with E-state index < -0.39 is 0 Å². The molecule has 0 radical (unpaired) electrons. The van der Waals surface area contributed by atoms with Crippen molar-refractivity contribution in [3.05, 3.63) is 47.3 Å². The molecule has 2 rings (SSSR count). The van der Waals surface area contributed by atoms with Gasteiger partial charge in [0.15, 0.2) is 0 Å². The Kier molecular flexibility index (Phi) is 4.91. The lowest BCUT2D eigenvalue weighted by Crippen LogP contribution is -2.23. The monoisotopic (exact) mass is 284 g/mol. The number of benzene rings is 1. The molecule has 0 spiro atoms. The van der Waals surface area contributed by atoms with Crippen LogP contribution in [0, 0.1) is 13.8 Å². The second-order valence-corrected chi connectivity index (χ2v) is 5.66. The Labute approximate surface area is 127 Å². The third kappa shape index (κ3) is 3.79. The van der Waals surface area contributed by atoms with Crippen LogP contribution in [0.4, 0.5) is 11.6 Å². The molecule has 4 nitrogen and oxygen atoms in total. The van der Waals surface area contributed by atoms with Crippen LogP contribution in [-0.4, -0.2) is 23.1 Å². The maximum atomic E-state index is 4.64. The summed E-state index contributed by atoms with van der Waals surface area (Å²) >= 11 is 0. The summed E-state index contributed by atoms with van der Waals surface area (Å²) in [6, 6.07) is 8.72. The molecule has 0 saturated heterocycles. The second kappa shape index (κ2) is 6.68. The highest BCUT2D eigenvalue weighted by atomic mass is 15.2. The third-order valence-corrected chi connectivity index (χ3v) is 3.55. The Balaban J connectivity index is 2.21. The molecule has 0 atom stereocenters. The van der Waals surface area contributed by atoms with E-state index in [1.54, 1.807) is 0 Å². The van der Waals surface area contributed by atoms with Crippen molar-refractivity contribution in [3.8, 4) is 0 Å². The van der Waals surface area contributed by atoms with Gasteiger partial charge in [0.25, 0.3) is 0 Å². The minimum Gasteiger partial charge on any atom is -0.313 e. The van der Waals surface area contributed by atoms with Gasteiger partial charge in [-0.3, -0.25) is 0 Å². The van der Waals surface area contributed by atoms with Gasteiger partial charge in [0.2, 0.25) is 5.95 Å². The van der Waals surface area contributed by atoms with Gasteiger partial charge in [-0.15, -0.1) is 0 Å². The van der Waals surface area contributed by atoms with Crippen molar-refractivity contribution in [1.29, 1.82) is 0 Å². The first-order chi connectivity index (χ1) is 9.99. The summed E-state index contributed by atoms with van der Waals surface area (Å²) in [5.74, 6) is 0.732. The number of aryl methyl sites for hydroxylation is 2. The lowest BCUT2D eigenvalue weighted by Gasteiger charge is -2.20. The van der Waals surface area contributed by atoms with E-state index in [9.17, 15) is 0 Å². The average molecular weight is 284 g/mol. The Morgan fingerprint density at radius 1 is 1.19 bits per heavy atom. The van der Waals surface area contributed by atoms with Gasteiger partial charge in [0.05, 0.1) is 0 Å². The predicted octanol–water partition coefficient (Wildman–Crippen LogP) is 3.36. The number of anilines is 2. The minimum absolute atomic E-state index is 0.457. The maximum absolute atomic E-state index is 4.64. The largest absolute Gasteiger partial charge is 0.313 e. The zero-order chi connectivity index (χ0) is 15.4. The van der Waals surface area contributed by atoms with E-state index in [1.807, 2.05) is 37.2 Å². The van der Waals surface area contributed by atoms with Crippen molar-refractivity contribution in [2.75, 3.05) is 11.9 Å². The molecule has 1 N–H and O–H groups in total. The lowest BCUT2D eigenvalue weighted by atomic mass is 10.2. The number of nitrogens with zero attached hydrogens (tertiary/aromatic N) is 3. The van der Waals surface area contributed by atoms with Crippen molar-refractivity contribution in [2.45, 2.75) is 40.3 Å². The van der Waals surface area contributed by atoms with Crippen LogP contribution < -0.4 is 10.2 Å². The highest BCUT2D eigenvalue weighted by molar-refractivity contribution is 5.60. The molecule has 0 saturated carbocycles. The molecule has 0 unspecified atom stereocenters. The number of nitrogens with one attached hydrogen (secondary N) is 1. The van der Waals surface area contributed by atoms with Crippen LogP contribution in [0.25, 0.3) is 0 Å². The van der Waals surface area contributed by atoms with Crippen molar-refractivity contribution < 1.29 is 0 Å². The number of para-hydroxylation sites is 1. The fourth-order valence-electron chi connectivity index (χ4n) is 2.18. The molecule has 1 aromatic heterocycles. The summed E-state index contributed by atoms with van der Waals surface area (Å²) in [5, 5.41) is 3.40. The number of hydrogen-bond donors (Lipinski definition) is 1. The van der Waals surface area contributed by atoms with E-state index in [2.05, 4.69) is 48.2 Å². The van der Waals surface area contributed by atoms with Crippen LogP contribution in [-0.2, 0) is 6.54 Å². The summed E-state index contributed by atoms with van der Waals surface area (Å²) in [7, 11) is 2.00. The van der Waals surface area contributed by atoms with Crippen LogP contribution in [0.3, 0.4) is 0 Å². The van der Waals surface area contributed by atoms with Gasteiger partial charge in [0, 0.05) is 42.8 Å². The zero-order valence-corrected chi connectivity index (χ0v) is 13.5. The first kappa shape index (κ1) is 15.4. The molecule has 0 aliphatic heterocycles. The van der Waals surface area contributed by atoms with Gasteiger partial charge in [-0.1, -0.05) is 32.0 Å². The summed E-state index contributed by atoms with van der Waals surface area (Å²) in [4.78, 5) is 11.2. The summed E-state index contributed by atoms with van der Waals surface area (Å²) in [5.41, 5.74) is 4.51. The molecule has 2 aromatic rings. The first-order valence-electron chi connectivity index (χ1n) is 7.34. The average Bonchev–Trinajstić information content (AvgIpc) is 2.45. The number of aromatic nitrogens is 2. The fraction of sp³-hybridized carbons (Fsp3) is 0.412. The molecule has 1 heterocycles. The van der Waals surface area contributed by atoms with Crippen molar-refractivity contribution in [2.24, 2.45) is 0 Å². The van der Waals surface area contributed by atoms with Crippen LogP contribution >= 0.6 is 0 Å². The van der Waals surface area contributed by atoms with E-state index in [4.69, 9.17) is 0 Å². The quantitative estimate of drug-likeness (QED) is 0.914. The van der Waals surface area contributed by atoms with Crippen molar-refractivity contribution in [1.82, 2.24) is 15.3 Å². The lowest BCUT2D eigenvalue weighted by molar-refractivity contribution is 0.585. The molecule has 0 aliphatic carbocycles. The van der Waals surface area contributed by atoms with Crippen LogP contribution in [0.1, 0.15) is 30.7 Å². The summed E-state index contributed by atoms with van der Waals surface area (Å²) in [6.45, 7) is 9.21. The molecular formula is C17H24N4. The standard InChI is InChI=1S/C17H24N4/c1-12(2)18-10-15-11-19-17(20-14(15)4)21(5)16-9-7-6-8-13(16)3/h6-9,11-12,18H,10H2,1-5H3. The topological polar surface area (TPSA) is 41.1 Å². The minimum atomic E-state index is 0.457. The van der Waals surface area contributed by atoms with E-state index >= 15 is 0 Å². The van der Waals surface area contributed by atoms with Crippen LogP contribution in [0.2, 0.25) is 0 Å². The molecular weight excluding hydrogens is 260 g/mol. The Morgan fingerprint density at radius 2 is 1.90 bits per heavy atom. The molecule has 4 heteroatoms. The Hall–Kier alpha value is -1.94. The number of rotatable bonds is 5. The molecule has 1 aromatic carbocycles. The number of hydrogen-bond acceptors (Lipinski definition) is 4. The Morgan fingerprint density at radius 3 is 2.52 bits per heavy atom. The maximum Gasteiger partial charge on any atom is 0.229 e. The van der Waals surface area contributed by atoms with E-state index in [1.165, 1.54) is 5.56 Å². The van der Waals surface area contributed by atoms with E-state index in [0.717, 1.165) is 29.4 Å². The highest BCUT2D eigenvalue weighted by Gasteiger charge is 2.11. The zero-order valence-electron chi connectivity index (χ0n) is 13.5. The van der Waals surface area contributed by atoms with E-state index in [-0.39, 0.29) is 0 Å². The molecule has 0 bridgehead atoms. The van der Waals surface area contributed by atoms with Gasteiger partial charge in [-0.05, 0) is 25.5 Å². The second-order valence-electron chi connectivity index (χ2n) is 5.66. The van der Waals surface area contributed by atoms with Crippen molar-refractivity contribution >= 4 is 11.6 Å². The molecule has 21 heavy (non-hydrogen) atoms. The normalized spacial score (nSPS) is 11.0. The molecule has 0 fully saturated rings. The van der Waals surface area contributed by atoms with E-state index in [0.29, 0.717) is 6.04 Å². The van der Waals surface area contributed by atoms with Gasteiger partial charge in [-0.25, -0.2) is 9.97 Å². The van der Waals surface area contributed by atoms with Gasteiger partial charge < -0.3 is 10.2 Å². The molecule has 0 amide bonds. The summed E-state index contributed by atoms with van der Waals surface area (Å²) < 4.78 is 0.